The molecule has 0 aliphatic heterocycles. The van der Waals surface area contributed by atoms with E-state index in [0.29, 0.717) is 9.54 Å². The van der Waals surface area contributed by atoms with Crippen LogP contribution in [0.25, 0.3) is 11.1 Å². The Kier molecular flexibility index (Phi) is 8.94. The molecule has 0 bridgehead atoms. The maximum absolute atomic E-state index is 2.67. The van der Waals surface area contributed by atoms with Crippen LogP contribution in [0, 0.1) is 5.92 Å². The molecular formula is C35H34Cl2Zr. The summed E-state index contributed by atoms with van der Waals surface area (Å²) >= 11 is -2.67. The maximum Gasteiger partial charge on any atom is -0.147 e. The van der Waals surface area contributed by atoms with Crippen molar-refractivity contribution in [3.05, 3.63) is 151 Å². The Labute approximate surface area is 247 Å². The van der Waals surface area contributed by atoms with E-state index in [1.54, 1.807) is 17.6 Å². The van der Waals surface area contributed by atoms with Gasteiger partial charge in [-0.1, -0.05) is 0 Å². The maximum atomic E-state index is 2.46. The normalized spacial score (nSPS) is 15.9. The Balaban J connectivity index is 0.00000168. The van der Waals surface area contributed by atoms with Gasteiger partial charge in [-0.3, -0.25) is 0 Å². The minimum absolute atomic E-state index is 0. The quantitative estimate of drug-likeness (QED) is 0.214. The third-order valence-corrected chi connectivity index (χ3v) is 17.6. The summed E-state index contributed by atoms with van der Waals surface area (Å²) < 4.78 is 3.85. The molecule has 0 spiro atoms. The first-order valence-corrected chi connectivity index (χ1v) is 16.9. The molecule has 2 aliphatic rings. The minimum atomic E-state index is -2.67. The van der Waals surface area contributed by atoms with Crippen molar-refractivity contribution >= 4 is 28.0 Å². The van der Waals surface area contributed by atoms with Crippen molar-refractivity contribution in [2.24, 2.45) is 5.92 Å². The summed E-state index contributed by atoms with van der Waals surface area (Å²) in [4.78, 5) is 0. The summed E-state index contributed by atoms with van der Waals surface area (Å²) in [5, 5.41) is 0. The molecule has 38 heavy (non-hydrogen) atoms. The summed E-state index contributed by atoms with van der Waals surface area (Å²) in [5.74, 6) is 0.502. The Morgan fingerprint density at radius 2 is 0.974 bits per heavy atom. The van der Waals surface area contributed by atoms with Crippen molar-refractivity contribution in [1.82, 2.24) is 0 Å². The van der Waals surface area contributed by atoms with Crippen LogP contribution in [0.4, 0.5) is 0 Å². The predicted octanol–water partition coefficient (Wildman–Crippen LogP) is 9.75. The van der Waals surface area contributed by atoms with Gasteiger partial charge in [0.05, 0.1) is 0 Å². The molecule has 1 atom stereocenters. The number of benzene rings is 4. The van der Waals surface area contributed by atoms with Gasteiger partial charge in [0.15, 0.2) is 0 Å². The van der Waals surface area contributed by atoms with E-state index in [-0.39, 0.29) is 24.8 Å². The molecule has 0 radical (unpaired) electrons. The van der Waals surface area contributed by atoms with Crippen LogP contribution < -0.4 is 0 Å². The van der Waals surface area contributed by atoms with E-state index in [0.717, 1.165) is 0 Å². The molecule has 0 aromatic heterocycles. The second-order valence-corrected chi connectivity index (χ2v) is 16.2. The molecule has 0 fully saturated rings. The van der Waals surface area contributed by atoms with E-state index in [1.165, 1.54) is 39.0 Å². The van der Waals surface area contributed by atoms with Crippen LogP contribution in [0.3, 0.4) is 0 Å². The summed E-state index contributed by atoms with van der Waals surface area (Å²) in [7, 11) is 0. The Morgan fingerprint density at radius 3 is 1.39 bits per heavy atom. The molecule has 6 rings (SSSR count). The van der Waals surface area contributed by atoms with Crippen LogP contribution in [0.15, 0.2) is 129 Å². The fraction of sp³-hybridized carbons (Fsp3) is 0.171. The average Bonchev–Trinajstić information content (AvgIpc) is 3.35. The second kappa shape index (κ2) is 11.8. The first-order valence-electron chi connectivity index (χ1n) is 13.0. The molecule has 4 aromatic carbocycles. The van der Waals surface area contributed by atoms with Gasteiger partial charge in [-0.05, 0) is 0 Å². The minimum Gasteiger partial charge on any atom is -0.147 e. The molecule has 4 aromatic rings. The van der Waals surface area contributed by atoms with Crippen LogP contribution in [0.2, 0.25) is 0 Å². The smallest absolute Gasteiger partial charge is 0.147 e. The number of hydrogen-bond donors (Lipinski definition) is 0. The van der Waals surface area contributed by atoms with Gasteiger partial charge < -0.3 is 0 Å². The van der Waals surface area contributed by atoms with E-state index < -0.39 is 21.3 Å². The van der Waals surface area contributed by atoms with Crippen LogP contribution in [0.5, 0.6) is 0 Å². The zero-order valence-electron chi connectivity index (χ0n) is 22.4. The summed E-state index contributed by atoms with van der Waals surface area (Å²) in [6.45, 7) is 9.57. The molecule has 0 nitrogen and oxygen atoms in total. The van der Waals surface area contributed by atoms with E-state index in [1.807, 2.05) is 0 Å². The average molecular weight is 617 g/mol. The van der Waals surface area contributed by atoms with E-state index in [9.17, 15) is 0 Å². The number of fused-ring (bicyclic) bond motifs is 3. The second-order valence-electron chi connectivity index (χ2n) is 10.2. The van der Waals surface area contributed by atoms with E-state index in [2.05, 4.69) is 137 Å². The van der Waals surface area contributed by atoms with Crippen molar-refractivity contribution in [3.63, 3.8) is 0 Å². The van der Waals surface area contributed by atoms with Crippen molar-refractivity contribution in [3.8, 4) is 11.1 Å². The molecular weight excluding hydrogens is 583 g/mol. The van der Waals surface area contributed by atoms with Gasteiger partial charge in [-0.25, -0.2) is 0 Å². The molecule has 0 saturated heterocycles. The third kappa shape index (κ3) is 4.68. The predicted molar refractivity (Wildman–Crippen MR) is 165 cm³/mol. The van der Waals surface area contributed by atoms with E-state index in [4.69, 9.17) is 0 Å². The van der Waals surface area contributed by atoms with Gasteiger partial charge in [0.25, 0.3) is 0 Å². The number of hydrogen-bond acceptors (Lipinski definition) is 0. The molecule has 1 unspecified atom stereocenters. The largest absolute Gasteiger partial charge is 0.147 e. The number of halogens is 2. The van der Waals surface area contributed by atoms with E-state index >= 15 is 0 Å². The standard InChI is InChI=1S/C13H9.C13H10.C9H13.2ClH.Zr/c1-3-7-12-10(5-1)9-11-6-2-4-8-13(11)12;1-3-7-12(8-4-1)11-13-9-5-2-6-10-13;1-6-5-7(2)9(4)8(6)3;;;/h1-9H;1-10H;6H,1-4H3;2*1H;. The van der Waals surface area contributed by atoms with Crippen LogP contribution in [0.1, 0.15) is 53.6 Å². The summed E-state index contributed by atoms with van der Waals surface area (Å²) in [6.07, 6.45) is 0. The zero-order valence-corrected chi connectivity index (χ0v) is 26.5. The first kappa shape index (κ1) is 28.7. The van der Waals surface area contributed by atoms with Crippen molar-refractivity contribution in [1.29, 1.82) is 0 Å². The molecule has 3 heteroatoms. The topological polar surface area (TPSA) is 0 Å². The van der Waals surface area contributed by atoms with Crippen molar-refractivity contribution < 1.29 is 21.3 Å². The van der Waals surface area contributed by atoms with Gasteiger partial charge in [-0.2, -0.15) is 0 Å². The van der Waals surface area contributed by atoms with Gasteiger partial charge in [0, 0.05) is 0 Å². The van der Waals surface area contributed by atoms with Crippen molar-refractivity contribution in [2.45, 2.75) is 31.3 Å². The first-order chi connectivity index (χ1) is 17.6. The molecule has 0 heterocycles. The Morgan fingerprint density at radius 1 is 0.553 bits per heavy atom. The van der Waals surface area contributed by atoms with Gasteiger partial charge in [0.1, 0.15) is 0 Å². The zero-order chi connectivity index (χ0) is 24.8. The fourth-order valence-electron chi connectivity index (χ4n) is 6.39. The number of allylic oxidation sites excluding steroid dienone is 4. The van der Waals surface area contributed by atoms with Crippen LogP contribution >= 0.6 is 24.8 Å². The third-order valence-electron chi connectivity index (χ3n) is 8.45. The SMILES string of the molecule is CC1=C(C)C(C)[C]([Zr](=[C](c2ccccc2)c2ccccc2)[CH]2c3ccccc3-c3ccccc32)=C1C.Cl.Cl. The molecule has 0 N–H and O–H groups in total. The summed E-state index contributed by atoms with van der Waals surface area (Å²) in [6, 6.07) is 40.9. The van der Waals surface area contributed by atoms with Crippen molar-refractivity contribution in [2.75, 3.05) is 0 Å². The Hall–Kier alpha value is -2.31. The molecule has 0 amide bonds. The fourth-order valence-corrected chi connectivity index (χ4v) is 16.8. The van der Waals surface area contributed by atoms with Crippen LogP contribution in [-0.4, -0.2) is 3.21 Å². The molecule has 192 valence electrons. The van der Waals surface area contributed by atoms with Gasteiger partial charge in [0.2, 0.25) is 0 Å². The molecule has 2 aliphatic carbocycles. The van der Waals surface area contributed by atoms with Gasteiger partial charge in [-0.15, -0.1) is 24.8 Å². The summed E-state index contributed by atoms with van der Waals surface area (Å²) in [5.41, 5.74) is 13.4. The molecule has 0 saturated carbocycles. The Bertz CT molecular complexity index is 1480. The van der Waals surface area contributed by atoms with Gasteiger partial charge >= 0.3 is 224 Å². The monoisotopic (exact) mass is 614 g/mol. The number of rotatable bonds is 4. The van der Waals surface area contributed by atoms with Crippen LogP contribution in [-0.2, 0) is 21.3 Å².